The smallest absolute Gasteiger partial charge is 0.191 e. The van der Waals surface area contributed by atoms with Crippen LogP contribution >= 0.6 is 24.0 Å². The van der Waals surface area contributed by atoms with E-state index in [-0.39, 0.29) is 24.0 Å². The van der Waals surface area contributed by atoms with Crippen molar-refractivity contribution in [2.45, 2.75) is 51.0 Å². The molecule has 25 heavy (non-hydrogen) atoms. The van der Waals surface area contributed by atoms with Crippen molar-refractivity contribution in [2.75, 3.05) is 26.8 Å². The van der Waals surface area contributed by atoms with E-state index < -0.39 is 0 Å². The zero-order valence-electron chi connectivity index (χ0n) is 15.2. The molecule has 1 aromatic rings. The van der Waals surface area contributed by atoms with E-state index in [4.69, 9.17) is 14.1 Å². The van der Waals surface area contributed by atoms with Gasteiger partial charge >= 0.3 is 0 Å². The second-order valence-corrected chi connectivity index (χ2v) is 7.11. The van der Waals surface area contributed by atoms with Crippen molar-refractivity contribution in [3.63, 3.8) is 0 Å². The monoisotopic (exact) mass is 461 g/mol. The van der Waals surface area contributed by atoms with Crippen LogP contribution in [0.25, 0.3) is 0 Å². The minimum absolute atomic E-state index is 0. The van der Waals surface area contributed by atoms with E-state index >= 15 is 0 Å². The lowest BCUT2D eigenvalue weighted by molar-refractivity contribution is 0.193. The topological polar surface area (TPSA) is 58.8 Å². The number of hydrogen-bond donors (Lipinski definition) is 2. The van der Waals surface area contributed by atoms with Gasteiger partial charge in [-0.15, -0.1) is 24.0 Å². The van der Waals surface area contributed by atoms with E-state index in [0.717, 1.165) is 62.5 Å². The lowest BCUT2D eigenvalue weighted by Gasteiger charge is -2.25. The number of furan rings is 1. The number of rotatable bonds is 9. The summed E-state index contributed by atoms with van der Waals surface area (Å²) in [5, 5.41) is 7.18. The Morgan fingerprint density at radius 3 is 2.92 bits per heavy atom. The molecule has 3 rings (SSSR count). The largest absolute Gasteiger partial charge is 0.469 e. The normalized spacial score (nSPS) is 25.0. The van der Waals surface area contributed by atoms with E-state index in [1.165, 1.54) is 25.7 Å². The molecule has 0 spiro atoms. The average molecular weight is 461 g/mol. The molecule has 142 valence electrons. The van der Waals surface area contributed by atoms with E-state index in [2.05, 4.69) is 10.6 Å². The molecule has 2 aliphatic carbocycles. The molecule has 0 amide bonds. The molecule has 6 heteroatoms. The summed E-state index contributed by atoms with van der Waals surface area (Å²) in [5.74, 6) is 3.78. The van der Waals surface area contributed by atoms with Gasteiger partial charge in [-0.1, -0.05) is 6.42 Å². The zero-order chi connectivity index (χ0) is 16.6. The number of hydrogen-bond acceptors (Lipinski definition) is 3. The molecule has 0 radical (unpaired) electrons. The highest BCUT2D eigenvalue weighted by Gasteiger charge is 2.39. The third kappa shape index (κ3) is 6.47. The Hall–Kier alpha value is -0.760. The van der Waals surface area contributed by atoms with Crippen molar-refractivity contribution in [1.29, 1.82) is 0 Å². The molecule has 1 aromatic heterocycles. The summed E-state index contributed by atoms with van der Waals surface area (Å²) in [7, 11) is 1.75. The second kappa shape index (κ2) is 11.1. The minimum Gasteiger partial charge on any atom is -0.469 e. The number of aliphatic imine (C=N–C) groups is 1. The molecule has 5 nitrogen and oxygen atoms in total. The number of nitrogens with zero attached hydrogens (tertiary/aromatic N) is 1. The highest BCUT2D eigenvalue weighted by molar-refractivity contribution is 14.0. The van der Waals surface area contributed by atoms with Crippen LogP contribution in [0.2, 0.25) is 0 Å². The molecular weight excluding hydrogens is 429 g/mol. The lowest BCUT2D eigenvalue weighted by Crippen LogP contribution is -2.46. The number of ether oxygens (including phenoxy) is 1. The molecule has 2 saturated carbocycles. The number of fused-ring (bicyclic) bond motifs is 2. The molecular formula is C19H32IN3O2. The van der Waals surface area contributed by atoms with E-state index in [9.17, 15) is 0 Å². The van der Waals surface area contributed by atoms with Crippen LogP contribution < -0.4 is 10.6 Å². The Bertz CT molecular complexity index is 507. The minimum atomic E-state index is 0. The SMILES string of the molecule is COCCCCN=C(NCCc1ccco1)NC1CC2CCC1C2.I. The first-order valence-electron chi connectivity index (χ1n) is 9.41. The van der Waals surface area contributed by atoms with Gasteiger partial charge in [0.25, 0.3) is 0 Å². The van der Waals surface area contributed by atoms with E-state index in [0.29, 0.717) is 6.04 Å². The first-order chi connectivity index (χ1) is 11.8. The maximum Gasteiger partial charge on any atom is 0.191 e. The average Bonchev–Trinajstić information content (AvgIpc) is 3.32. The summed E-state index contributed by atoms with van der Waals surface area (Å²) in [4.78, 5) is 4.77. The Balaban J connectivity index is 0.00000225. The van der Waals surface area contributed by atoms with Gasteiger partial charge in [-0.2, -0.15) is 0 Å². The van der Waals surface area contributed by atoms with Gasteiger partial charge in [0.15, 0.2) is 5.96 Å². The van der Waals surface area contributed by atoms with Gasteiger partial charge < -0.3 is 19.8 Å². The van der Waals surface area contributed by atoms with Crippen LogP contribution in [0, 0.1) is 11.8 Å². The molecule has 2 N–H and O–H groups in total. The number of guanidine groups is 1. The second-order valence-electron chi connectivity index (χ2n) is 7.11. The summed E-state index contributed by atoms with van der Waals surface area (Å²) < 4.78 is 10.5. The highest BCUT2D eigenvalue weighted by Crippen LogP contribution is 2.44. The van der Waals surface area contributed by atoms with Crippen molar-refractivity contribution in [3.8, 4) is 0 Å². The number of nitrogens with one attached hydrogen (secondary N) is 2. The maximum atomic E-state index is 5.40. The van der Waals surface area contributed by atoms with Gasteiger partial charge in [0.2, 0.25) is 0 Å². The third-order valence-corrected chi connectivity index (χ3v) is 5.33. The maximum absolute atomic E-state index is 5.40. The van der Waals surface area contributed by atoms with Crippen LogP contribution in [-0.4, -0.2) is 38.8 Å². The van der Waals surface area contributed by atoms with E-state index in [1.807, 2.05) is 12.1 Å². The Kier molecular flexibility index (Phi) is 9.09. The summed E-state index contributed by atoms with van der Waals surface area (Å²) in [6, 6.07) is 4.57. The number of methoxy groups -OCH3 is 1. The molecule has 3 atom stereocenters. The predicted octanol–water partition coefficient (Wildman–Crippen LogP) is 3.59. The molecule has 0 aliphatic heterocycles. The fourth-order valence-corrected chi connectivity index (χ4v) is 4.06. The van der Waals surface area contributed by atoms with Crippen molar-refractivity contribution < 1.29 is 9.15 Å². The molecule has 3 unspecified atom stereocenters. The summed E-state index contributed by atoms with van der Waals surface area (Å²) in [6.07, 6.45) is 10.3. The van der Waals surface area contributed by atoms with Crippen molar-refractivity contribution in [1.82, 2.24) is 10.6 Å². The van der Waals surface area contributed by atoms with Crippen LogP contribution in [0.1, 0.15) is 44.3 Å². The van der Waals surface area contributed by atoms with Gasteiger partial charge in [-0.3, -0.25) is 4.99 Å². The Morgan fingerprint density at radius 1 is 1.32 bits per heavy atom. The van der Waals surface area contributed by atoms with Crippen LogP contribution in [0.4, 0.5) is 0 Å². The number of halogens is 1. The van der Waals surface area contributed by atoms with Gasteiger partial charge in [-0.25, -0.2) is 0 Å². The quantitative estimate of drug-likeness (QED) is 0.256. The van der Waals surface area contributed by atoms with Crippen molar-refractivity contribution in [2.24, 2.45) is 16.8 Å². The molecule has 2 fully saturated rings. The fourth-order valence-electron chi connectivity index (χ4n) is 4.06. The van der Waals surface area contributed by atoms with Gasteiger partial charge in [0.05, 0.1) is 6.26 Å². The summed E-state index contributed by atoms with van der Waals surface area (Å²) in [5.41, 5.74) is 0. The predicted molar refractivity (Wildman–Crippen MR) is 112 cm³/mol. The Morgan fingerprint density at radius 2 is 2.24 bits per heavy atom. The third-order valence-electron chi connectivity index (χ3n) is 5.33. The molecule has 2 bridgehead atoms. The highest BCUT2D eigenvalue weighted by atomic mass is 127. The first kappa shape index (κ1) is 20.6. The van der Waals surface area contributed by atoms with Crippen LogP contribution in [0.5, 0.6) is 0 Å². The molecule has 1 heterocycles. The van der Waals surface area contributed by atoms with Crippen LogP contribution in [0.3, 0.4) is 0 Å². The van der Waals surface area contributed by atoms with E-state index in [1.54, 1.807) is 13.4 Å². The standard InChI is InChI=1S/C19H31N3O2.HI/c1-23-11-3-2-9-20-19(21-10-8-17-5-4-12-24-17)22-18-14-15-6-7-16(18)13-15;/h4-5,12,15-16,18H,2-3,6-11,13-14H2,1H3,(H2,20,21,22);1H. The summed E-state index contributed by atoms with van der Waals surface area (Å²) in [6.45, 7) is 2.51. The van der Waals surface area contributed by atoms with Crippen molar-refractivity contribution in [3.05, 3.63) is 24.2 Å². The molecule has 0 aromatic carbocycles. The number of unbranched alkanes of at least 4 members (excludes halogenated alkanes) is 1. The zero-order valence-corrected chi connectivity index (χ0v) is 17.5. The molecule has 2 aliphatic rings. The fraction of sp³-hybridized carbons (Fsp3) is 0.737. The molecule has 0 saturated heterocycles. The van der Waals surface area contributed by atoms with Gasteiger partial charge in [0.1, 0.15) is 5.76 Å². The van der Waals surface area contributed by atoms with Gasteiger partial charge in [-0.05, 0) is 56.1 Å². The van der Waals surface area contributed by atoms with Crippen LogP contribution in [0.15, 0.2) is 27.8 Å². The van der Waals surface area contributed by atoms with Crippen LogP contribution in [-0.2, 0) is 11.2 Å². The van der Waals surface area contributed by atoms with Gasteiger partial charge in [0, 0.05) is 39.3 Å². The summed E-state index contributed by atoms with van der Waals surface area (Å²) >= 11 is 0. The Labute approximate surface area is 168 Å². The van der Waals surface area contributed by atoms with Crippen molar-refractivity contribution >= 4 is 29.9 Å². The first-order valence-corrected chi connectivity index (χ1v) is 9.41. The lowest BCUT2D eigenvalue weighted by atomic mass is 9.95.